The van der Waals surface area contributed by atoms with Crippen LogP contribution < -0.4 is 20.3 Å². The van der Waals surface area contributed by atoms with Crippen LogP contribution in [0.1, 0.15) is 11.4 Å². The zero-order valence-electron chi connectivity index (χ0n) is 16.6. The Kier molecular flexibility index (Phi) is 6.33. The van der Waals surface area contributed by atoms with Crippen LogP contribution in [0, 0.1) is 24.0 Å². The average Bonchev–Trinajstić information content (AvgIpc) is 3.02. The van der Waals surface area contributed by atoms with Crippen LogP contribution in [0.3, 0.4) is 0 Å². The Bertz CT molecular complexity index is 1030. The van der Waals surface area contributed by atoms with E-state index < -0.39 is 42.0 Å². The molecule has 3 rings (SSSR count). The first-order valence-electron chi connectivity index (χ1n) is 9.07. The minimum absolute atomic E-state index is 0.0392. The van der Waals surface area contributed by atoms with Gasteiger partial charge in [-0.3, -0.25) is 40.0 Å². The minimum atomic E-state index is -0.973. The molecule has 0 saturated carbocycles. The summed E-state index contributed by atoms with van der Waals surface area (Å²) in [4.78, 5) is 46.2. The van der Waals surface area contributed by atoms with Gasteiger partial charge in [0.15, 0.2) is 18.1 Å². The van der Waals surface area contributed by atoms with Crippen molar-refractivity contribution >= 4 is 23.5 Å². The molecular formula is C18H19N5O8. The molecule has 2 N–H and O–H groups in total. The number of nitrogens with one attached hydrogen (secondary N) is 2. The monoisotopic (exact) mass is 433 g/mol. The summed E-state index contributed by atoms with van der Waals surface area (Å²) in [6.45, 7) is 1.77. The quantitative estimate of drug-likeness (QED) is 0.361. The number of fused-ring (bicyclic) bond motifs is 1. The molecule has 164 valence electrons. The first-order chi connectivity index (χ1) is 14.8. The molecule has 0 radical (unpaired) electrons. The highest BCUT2D eigenvalue weighted by molar-refractivity contribution is 5.86. The number of hydrogen-bond acceptors (Lipinski definition) is 9. The molecule has 0 fully saturated rings. The Balaban J connectivity index is 1.42. The molecule has 2 aromatic rings. The number of amides is 2. The minimum Gasteiger partial charge on any atom is -0.485 e. The Labute approximate surface area is 175 Å². The molecule has 0 spiro atoms. The van der Waals surface area contributed by atoms with Gasteiger partial charge in [0.2, 0.25) is 6.10 Å². The van der Waals surface area contributed by atoms with Crippen molar-refractivity contribution in [3.05, 3.63) is 45.8 Å². The maximum atomic E-state index is 12.1. The first-order valence-corrected chi connectivity index (χ1v) is 9.07. The summed E-state index contributed by atoms with van der Waals surface area (Å²) >= 11 is 0. The molecule has 1 aromatic heterocycles. The van der Waals surface area contributed by atoms with Crippen LogP contribution in [0.2, 0.25) is 0 Å². The number of para-hydroxylation sites is 2. The van der Waals surface area contributed by atoms with Gasteiger partial charge in [-0.05, 0) is 26.0 Å². The van der Waals surface area contributed by atoms with Crippen LogP contribution >= 0.6 is 0 Å². The second kappa shape index (κ2) is 9.11. The van der Waals surface area contributed by atoms with Crippen LogP contribution in [0.5, 0.6) is 11.5 Å². The van der Waals surface area contributed by atoms with E-state index in [1.807, 2.05) is 0 Å². The van der Waals surface area contributed by atoms with Gasteiger partial charge in [-0.1, -0.05) is 12.1 Å². The van der Waals surface area contributed by atoms with E-state index in [4.69, 9.17) is 14.2 Å². The summed E-state index contributed by atoms with van der Waals surface area (Å²) in [5.41, 5.74) is 4.42. The second-order valence-corrected chi connectivity index (χ2v) is 6.50. The summed E-state index contributed by atoms with van der Waals surface area (Å²) in [6, 6.07) is 6.83. The largest absolute Gasteiger partial charge is 0.485 e. The van der Waals surface area contributed by atoms with E-state index in [1.165, 1.54) is 13.8 Å². The highest BCUT2D eigenvalue weighted by atomic mass is 16.6. The second-order valence-electron chi connectivity index (χ2n) is 6.50. The lowest BCUT2D eigenvalue weighted by Gasteiger charge is -2.25. The van der Waals surface area contributed by atoms with Gasteiger partial charge in [0, 0.05) is 0 Å². The van der Waals surface area contributed by atoms with Gasteiger partial charge < -0.3 is 14.2 Å². The third-order valence-electron chi connectivity index (χ3n) is 4.30. The standard InChI is InChI=1S/C18H19N5O8/c1-10-17(23(27)28)11(2)22(21-10)7-16(25)30-9-15(24)19-20-18(26)14-8-29-12-5-3-4-6-13(12)31-14/h3-6,14H,7-9H2,1-2H3,(H,19,24)(H,20,26). The Morgan fingerprint density at radius 3 is 2.65 bits per heavy atom. The summed E-state index contributed by atoms with van der Waals surface area (Å²) in [5.74, 6) is -1.36. The molecule has 0 aliphatic carbocycles. The summed E-state index contributed by atoms with van der Waals surface area (Å²) in [5, 5.41) is 14.9. The van der Waals surface area contributed by atoms with Crippen molar-refractivity contribution in [2.45, 2.75) is 26.5 Å². The number of carbonyl (C=O) groups is 3. The van der Waals surface area contributed by atoms with E-state index in [-0.39, 0.29) is 23.7 Å². The van der Waals surface area contributed by atoms with E-state index in [0.717, 1.165) is 4.68 Å². The van der Waals surface area contributed by atoms with E-state index in [1.54, 1.807) is 24.3 Å². The Morgan fingerprint density at radius 2 is 1.97 bits per heavy atom. The molecule has 1 aliphatic heterocycles. The maximum Gasteiger partial charge on any atom is 0.328 e. The lowest BCUT2D eigenvalue weighted by Crippen LogP contribution is -2.51. The van der Waals surface area contributed by atoms with Crippen LogP contribution in [0.15, 0.2) is 24.3 Å². The lowest BCUT2D eigenvalue weighted by molar-refractivity contribution is -0.386. The fourth-order valence-electron chi connectivity index (χ4n) is 2.82. The molecule has 1 unspecified atom stereocenters. The predicted octanol–water partition coefficient (Wildman–Crippen LogP) is -0.0613. The van der Waals surface area contributed by atoms with E-state index in [2.05, 4.69) is 16.0 Å². The van der Waals surface area contributed by atoms with Crippen molar-refractivity contribution in [2.75, 3.05) is 13.2 Å². The van der Waals surface area contributed by atoms with Crippen LogP contribution in [-0.4, -0.2) is 51.8 Å². The van der Waals surface area contributed by atoms with Crippen molar-refractivity contribution in [3.63, 3.8) is 0 Å². The maximum absolute atomic E-state index is 12.1. The third-order valence-corrected chi connectivity index (χ3v) is 4.30. The molecule has 1 aliphatic rings. The molecule has 2 heterocycles. The number of nitrogens with zero attached hydrogens (tertiary/aromatic N) is 3. The normalized spacial score (nSPS) is 14.5. The van der Waals surface area contributed by atoms with Gasteiger partial charge in [0.1, 0.15) is 24.5 Å². The van der Waals surface area contributed by atoms with Crippen LogP contribution in [0.4, 0.5) is 5.69 Å². The number of nitro groups is 1. The van der Waals surface area contributed by atoms with Gasteiger partial charge in [0.05, 0.1) is 4.92 Å². The molecule has 0 saturated heterocycles. The Hall–Kier alpha value is -4.16. The van der Waals surface area contributed by atoms with E-state index >= 15 is 0 Å². The molecule has 1 aromatic carbocycles. The van der Waals surface area contributed by atoms with E-state index in [9.17, 15) is 24.5 Å². The predicted molar refractivity (Wildman–Crippen MR) is 102 cm³/mol. The van der Waals surface area contributed by atoms with Crippen molar-refractivity contribution < 1.29 is 33.5 Å². The number of aryl methyl sites for hydroxylation is 1. The molecule has 1 atom stereocenters. The number of hydrogen-bond donors (Lipinski definition) is 2. The number of benzene rings is 1. The van der Waals surface area contributed by atoms with Crippen molar-refractivity contribution in [1.29, 1.82) is 0 Å². The molecule has 13 nitrogen and oxygen atoms in total. The highest BCUT2D eigenvalue weighted by Gasteiger charge is 2.28. The van der Waals surface area contributed by atoms with Gasteiger partial charge in [0.25, 0.3) is 11.8 Å². The molecular weight excluding hydrogens is 414 g/mol. The van der Waals surface area contributed by atoms with Crippen LogP contribution in [-0.2, 0) is 25.7 Å². The topological polar surface area (TPSA) is 164 Å². The van der Waals surface area contributed by atoms with Crippen molar-refractivity contribution in [2.24, 2.45) is 0 Å². The average molecular weight is 433 g/mol. The number of carbonyl (C=O) groups excluding carboxylic acids is 3. The first kappa shape index (κ1) is 21.5. The Morgan fingerprint density at radius 1 is 1.26 bits per heavy atom. The molecule has 0 bridgehead atoms. The highest BCUT2D eigenvalue weighted by Crippen LogP contribution is 2.30. The zero-order chi connectivity index (χ0) is 22.5. The zero-order valence-corrected chi connectivity index (χ0v) is 16.6. The van der Waals surface area contributed by atoms with Gasteiger partial charge in [-0.25, -0.2) is 0 Å². The summed E-state index contributed by atoms with van der Waals surface area (Å²) in [6.07, 6.45) is -0.973. The number of ether oxygens (including phenoxy) is 3. The fourth-order valence-corrected chi connectivity index (χ4v) is 2.82. The summed E-state index contributed by atoms with van der Waals surface area (Å²) < 4.78 is 16.8. The smallest absolute Gasteiger partial charge is 0.328 e. The number of hydrazine groups is 1. The molecule has 2 amide bonds. The molecule has 31 heavy (non-hydrogen) atoms. The SMILES string of the molecule is Cc1nn(CC(=O)OCC(=O)NNC(=O)C2COc3ccccc3O2)c(C)c1[N+](=O)[O-]. The van der Waals surface area contributed by atoms with Crippen molar-refractivity contribution in [1.82, 2.24) is 20.6 Å². The van der Waals surface area contributed by atoms with E-state index in [0.29, 0.717) is 11.5 Å². The van der Waals surface area contributed by atoms with Gasteiger partial charge in [-0.2, -0.15) is 5.10 Å². The fraction of sp³-hybridized carbons (Fsp3) is 0.333. The third kappa shape index (κ3) is 5.07. The number of esters is 1. The number of aromatic nitrogens is 2. The summed E-state index contributed by atoms with van der Waals surface area (Å²) in [7, 11) is 0. The van der Waals surface area contributed by atoms with Gasteiger partial charge in [-0.15, -0.1) is 0 Å². The molecule has 13 heteroatoms. The van der Waals surface area contributed by atoms with Crippen molar-refractivity contribution in [3.8, 4) is 11.5 Å². The lowest BCUT2D eigenvalue weighted by atomic mass is 10.2. The number of rotatable bonds is 6. The van der Waals surface area contributed by atoms with Crippen LogP contribution in [0.25, 0.3) is 0 Å². The van der Waals surface area contributed by atoms with Gasteiger partial charge >= 0.3 is 11.7 Å².